The molecule has 0 spiro atoms. The van der Waals surface area contributed by atoms with Gasteiger partial charge in [-0.1, -0.05) is 6.92 Å². The van der Waals surface area contributed by atoms with Gasteiger partial charge in [-0.25, -0.2) is 0 Å². The molecule has 0 radical (unpaired) electrons. The number of hydrogen-bond donors (Lipinski definition) is 2. The van der Waals surface area contributed by atoms with Gasteiger partial charge >= 0.3 is 5.97 Å². The first-order valence-corrected chi connectivity index (χ1v) is 6.94. The molecule has 6 heteroatoms. The van der Waals surface area contributed by atoms with Crippen LogP contribution in [-0.4, -0.2) is 73.1 Å². The van der Waals surface area contributed by atoms with Gasteiger partial charge in [0.2, 0.25) is 5.91 Å². The van der Waals surface area contributed by atoms with Gasteiger partial charge in [0.1, 0.15) is 0 Å². The Balaban J connectivity index is 2.16. The molecule has 0 aromatic rings. The van der Waals surface area contributed by atoms with Crippen molar-refractivity contribution >= 4 is 11.9 Å². The molecule has 1 aliphatic rings. The summed E-state index contributed by atoms with van der Waals surface area (Å²) in [5.74, 6) is -0.953. The zero-order valence-electron chi connectivity index (χ0n) is 11.9. The van der Waals surface area contributed by atoms with E-state index >= 15 is 0 Å². The molecule has 0 aliphatic carbocycles. The zero-order valence-corrected chi connectivity index (χ0v) is 11.9. The fraction of sp³-hybridized carbons (Fsp3) is 0.846. The summed E-state index contributed by atoms with van der Waals surface area (Å²) in [6.07, 6.45) is 1.14. The number of carboxylic acids is 1. The maximum absolute atomic E-state index is 11.9. The molecule has 1 amide bonds. The van der Waals surface area contributed by atoms with Gasteiger partial charge in [-0.15, -0.1) is 0 Å². The fourth-order valence-corrected chi connectivity index (χ4v) is 2.11. The molecule has 1 heterocycles. The number of aliphatic carboxylic acids is 1. The van der Waals surface area contributed by atoms with E-state index in [0.717, 1.165) is 19.6 Å². The minimum atomic E-state index is -0.743. The van der Waals surface area contributed by atoms with E-state index in [1.54, 1.807) is 4.90 Å². The van der Waals surface area contributed by atoms with Gasteiger partial charge in [0.15, 0.2) is 0 Å². The summed E-state index contributed by atoms with van der Waals surface area (Å²) < 4.78 is 0. The minimum Gasteiger partial charge on any atom is -0.481 e. The monoisotopic (exact) mass is 271 g/mol. The van der Waals surface area contributed by atoms with Gasteiger partial charge in [-0.05, 0) is 26.4 Å². The average molecular weight is 271 g/mol. The summed E-state index contributed by atoms with van der Waals surface area (Å²) in [4.78, 5) is 26.6. The largest absolute Gasteiger partial charge is 0.481 e. The molecule has 19 heavy (non-hydrogen) atoms. The van der Waals surface area contributed by atoms with E-state index in [1.165, 1.54) is 0 Å². The summed E-state index contributed by atoms with van der Waals surface area (Å²) in [5.41, 5.74) is 0. The third kappa shape index (κ3) is 5.57. The molecule has 0 aromatic heterocycles. The summed E-state index contributed by atoms with van der Waals surface area (Å²) in [6, 6.07) is 0. The molecule has 6 nitrogen and oxygen atoms in total. The van der Waals surface area contributed by atoms with E-state index < -0.39 is 5.97 Å². The number of carbonyl (C=O) groups is 2. The van der Waals surface area contributed by atoms with Crippen molar-refractivity contribution < 1.29 is 14.7 Å². The molecule has 0 bridgehead atoms. The second kappa shape index (κ2) is 8.12. The van der Waals surface area contributed by atoms with E-state index in [1.807, 2.05) is 7.05 Å². The Hall–Kier alpha value is -1.14. The Morgan fingerprint density at radius 3 is 2.53 bits per heavy atom. The van der Waals surface area contributed by atoms with E-state index in [0.29, 0.717) is 32.5 Å². The van der Waals surface area contributed by atoms with Crippen LogP contribution in [0.3, 0.4) is 0 Å². The Morgan fingerprint density at radius 1 is 1.37 bits per heavy atom. The minimum absolute atomic E-state index is 0.0722. The van der Waals surface area contributed by atoms with Crippen molar-refractivity contribution in [2.75, 3.05) is 46.3 Å². The standard InChI is InChI=1S/C13H25N3O3/c1-3-15(2)9-6-14-10-12(17)16-7-4-11(5-8-16)13(18)19/h11,14H,3-10H2,1-2H3,(H,18,19). The molecule has 1 fully saturated rings. The Kier molecular flexibility index (Phi) is 6.80. The van der Waals surface area contributed by atoms with E-state index in [2.05, 4.69) is 17.1 Å². The Morgan fingerprint density at radius 2 is 2.00 bits per heavy atom. The number of amides is 1. The van der Waals surface area contributed by atoms with Crippen LogP contribution >= 0.6 is 0 Å². The van der Waals surface area contributed by atoms with E-state index in [4.69, 9.17) is 5.11 Å². The van der Waals surface area contributed by atoms with Gasteiger partial charge < -0.3 is 20.2 Å². The van der Waals surface area contributed by atoms with E-state index in [9.17, 15) is 9.59 Å². The van der Waals surface area contributed by atoms with Gasteiger partial charge in [0.25, 0.3) is 0 Å². The van der Waals surface area contributed by atoms with Crippen LogP contribution in [0.5, 0.6) is 0 Å². The number of carbonyl (C=O) groups excluding carboxylic acids is 1. The van der Waals surface area contributed by atoms with Crippen LogP contribution in [0.1, 0.15) is 19.8 Å². The van der Waals surface area contributed by atoms with Crippen LogP contribution < -0.4 is 5.32 Å². The van der Waals surface area contributed by atoms with Crippen LogP contribution in [0.2, 0.25) is 0 Å². The molecule has 1 rings (SSSR count). The number of carboxylic acid groups (broad SMARTS) is 1. The first kappa shape index (κ1) is 15.9. The third-order valence-electron chi connectivity index (χ3n) is 3.68. The number of rotatable bonds is 7. The maximum Gasteiger partial charge on any atom is 0.306 e. The number of likely N-dealkylation sites (tertiary alicyclic amines) is 1. The predicted molar refractivity (Wildman–Crippen MR) is 73.0 cm³/mol. The highest BCUT2D eigenvalue weighted by Gasteiger charge is 2.26. The molecule has 0 saturated carbocycles. The zero-order chi connectivity index (χ0) is 14.3. The van der Waals surface area contributed by atoms with Crippen LogP contribution in [0.15, 0.2) is 0 Å². The van der Waals surface area contributed by atoms with Gasteiger partial charge in [-0.2, -0.15) is 0 Å². The average Bonchev–Trinajstić information content (AvgIpc) is 2.43. The molecular weight excluding hydrogens is 246 g/mol. The molecule has 1 saturated heterocycles. The summed E-state index contributed by atoms with van der Waals surface area (Å²) in [5, 5.41) is 12.0. The van der Waals surface area contributed by atoms with Crippen molar-refractivity contribution in [3.8, 4) is 0 Å². The quantitative estimate of drug-likeness (QED) is 0.630. The van der Waals surface area contributed by atoms with Crippen LogP contribution in [0, 0.1) is 5.92 Å². The van der Waals surface area contributed by atoms with Gasteiger partial charge in [0, 0.05) is 26.2 Å². The van der Waals surface area contributed by atoms with Crippen molar-refractivity contribution in [3.05, 3.63) is 0 Å². The molecule has 0 atom stereocenters. The lowest BCUT2D eigenvalue weighted by atomic mass is 9.97. The number of likely N-dealkylation sites (N-methyl/N-ethyl adjacent to an activating group) is 1. The lowest BCUT2D eigenvalue weighted by Crippen LogP contribution is -2.44. The molecule has 0 aromatic carbocycles. The second-order valence-corrected chi connectivity index (χ2v) is 5.07. The van der Waals surface area contributed by atoms with Crippen molar-refractivity contribution in [3.63, 3.8) is 0 Å². The number of piperidine rings is 1. The fourth-order valence-electron chi connectivity index (χ4n) is 2.11. The molecule has 1 aliphatic heterocycles. The van der Waals surface area contributed by atoms with Crippen LogP contribution in [0.25, 0.3) is 0 Å². The predicted octanol–water partition coefficient (Wildman–Crippen LogP) is -0.149. The van der Waals surface area contributed by atoms with Crippen molar-refractivity contribution in [2.24, 2.45) is 5.92 Å². The van der Waals surface area contributed by atoms with Crippen LogP contribution in [0.4, 0.5) is 0 Å². The Bertz CT molecular complexity index is 302. The van der Waals surface area contributed by atoms with Crippen molar-refractivity contribution in [1.29, 1.82) is 0 Å². The molecule has 0 unspecified atom stereocenters. The Labute approximate surface area is 114 Å². The summed E-state index contributed by atoms with van der Waals surface area (Å²) in [6.45, 7) is 6.27. The summed E-state index contributed by atoms with van der Waals surface area (Å²) >= 11 is 0. The molecule has 110 valence electrons. The molecule has 2 N–H and O–H groups in total. The first-order valence-electron chi connectivity index (χ1n) is 6.94. The third-order valence-corrected chi connectivity index (χ3v) is 3.68. The number of nitrogens with one attached hydrogen (secondary N) is 1. The highest BCUT2D eigenvalue weighted by atomic mass is 16.4. The van der Waals surface area contributed by atoms with Crippen molar-refractivity contribution in [1.82, 2.24) is 15.1 Å². The summed E-state index contributed by atoms with van der Waals surface area (Å²) in [7, 11) is 2.04. The topological polar surface area (TPSA) is 72.9 Å². The number of nitrogens with zero attached hydrogens (tertiary/aromatic N) is 2. The van der Waals surface area contributed by atoms with Crippen molar-refractivity contribution in [2.45, 2.75) is 19.8 Å². The van der Waals surface area contributed by atoms with Crippen LogP contribution in [-0.2, 0) is 9.59 Å². The molecular formula is C13H25N3O3. The lowest BCUT2D eigenvalue weighted by molar-refractivity contribution is -0.145. The lowest BCUT2D eigenvalue weighted by Gasteiger charge is -2.30. The first-order chi connectivity index (χ1) is 9.04. The smallest absolute Gasteiger partial charge is 0.306 e. The van der Waals surface area contributed by atoms with Gasteiger partial charge in [-0.3, -0.25) is 9.59 Å². The van der Waals surface area contributed by atoms with E-state index in [-0.39, 0.29) is 11.8 Å². The highest BCUT2D eigenvalue weighted by Crippen LogP contribution is 2.16. The maximum atomic E-state index is 11.9. The number of hydrogen-bond acceptors (Lipinski definition) is 4. The second-order valence-electron chi connectivity index (χ2n) is 5.07. The SMILES string of the molecule is CCN(C)CCNCC(=O)N1CCC(C(=O)O)CC1. The van der Waals surface area contributed by atoms with Gasteiger partial charge in [0.05, 0.1) is 12.5 Å². The normalized spacial score (nSPS) is 16.9. The highest BCUT2D eigenvalue weighted by molar-refractivity contribution is 5.78.